The highest BCUT2D eigenvalue weighted by Gasteiger charge is 2.29. The highest BCUT2D eigenvalue weighted by atomic mass is 79.9. The average Bonchev–Trinajstić information content (AvgIpc) is 3.31. The summed E-state index contributed by atoms with van der Waals surface area (Å²) in [6, 6.07) is 16.9. The molecule has 0 spiro atoms. The van der Waals surface area contributed by atoms with Gasteiger partial charge in [-0.15, -0.1) is 5.10 Å². The zero-order valence-corrected chi connectivity index (χ0v) is 16.3. The minimum Gasteiger partial charge on any atom is -0.350 e. The molecule has 0 saturated carbocycles. The molecule has 1 aliphatic heterocycles. The summed E-state index contributed by atoms with van der Waals surface area (Å²) in [7, 11) is 0. The van der Waals surface area contributed by atoms with Crippen LogP contribution in [0.3, 0.4) is 0 Å². The van der Waals surface area contributed by atoms with Crippen LogP contribution in [0.1, 0.15) is 30.0 Å². The lowest BCUT2D eigenvalue weighted by atomic mass is 10.1. The van der Waals surface area contributed by atoms with Crippen molar-refractivity contribution in [3.8, 4) is 0 Å². The molecule has 0 radical (unpaired) electrons. The van der Waals surface area contributed by atoms with E-state index in [4.69, 9.17) is 4.74 Å². The number of anilines is 1. The van der Waals surface area contributed by atoms with Crippen LogP contribution < -0.4 is 4.90 Å². The van der Waals surface area contributed by atoms with Crippen LogP contribution in [0.25, 0.3) is 0 Å². The number of aryl methyl sites for hydroxylation is 1. The van der Waals surface area contributed by atoms with Crippen LogP contribution in [-0.2, 0) is 17.7 Å². The van der Waals surface area contributed by atoms with Crippen LogP contribution in [0.2, 0.25) is 0 Å². The minimum absolute atomic E-state index is 0.182. The first-order valence-electron chi connectivity index (χ1n) is 8.84. The van der Waals surface area contributed by atoms with Crippen molar-refractivity contribution in [3.63, 3.8) is 0 Å². The molecule has 1 aliphatic rings. The van der Waals surface area contributed by atoms with Crippen LogP contribution in [0.4, 0.5) is 5.69 Å². The van der Waals surface area contributed by atoms with E-state index < -0.39 is 0 Å². The maximum atomic E-state index is 5.95. The molecule has 1 atom stereocenters. The summed E-state index contributed by atoms with van der Waals surface area (Å²) < 4.78 is 8.87. The number of hydrogen-bond donors (Lipinski definition) is 0. The fraction of sp³-hybridized carbons (Fsp3) is 0.300. The highest BCUT2D eigenvalue weighted by molar-refractivity contribution is 9.10. The third-order valence-corrected chi connectivity index (χ3v) is 5.10. The molecule has 1 unspecified atom stereocenters. The van der Waals surface area contributed by atoms with Crippen molar-refractivity contribution in [2.75, 3.05) is 18.1 Å². The van der Waals surface area contributed by atoms with Crippen LogP contribution >= 0.6 is 15.9 Å². The molecule has 0 bridgehead atoms. The third-order valence-electron chi connectivity index (χ3n) is 4.61. The maximum absolute atomic E-state index is 5.95. The Labute approximate surface area is 161 Å². The van der Waals surface area contributed by atoms with Crippen LogP contribution in [0.15, 0.2) is 59.2 Å². The van der Waals surface area contributed by atoms with Crippen molar-refractivity contribution >= 4 is 21.6 Å². The van der Waals surface area contributed by atoms with Crippen molar-refractivity contribution in [1.82, 2.24) is 15.0 Å². The summed E-state index contributed by atoms with van der Waals surface area (Å²) in [6.07, 6.45) is 2.84. The second kappa shape index (κ2) is 7.60. The molecule has 2 heterocycles. The quantitative estimate of drug-likeness (QED) is 0.629. The van der Waals surface area contributed by atoms with Crippen molar-refractivity contribution in [1.29, 1.82) is 0 Å². The van der Waals surface area contributed by atoms with Gasteiger partial charge in [0.05, 0.1) is 19.3 Å². The fourth-order valence-corrected chi connectivity index (χ4v) is 3.68. The van der Waals surface area contributed by atoms with Gasteiger partial charge in [-0.1, -0.05) is 52.3 Å². The van der Waals surface area contributed by atoms with Gasteiger partial charge in [-0.05, 0) is 41.8 Å². The molecule has 5 nitrogen and oxygen atoms in total. The van der Waals surface area contributed by atoms with E-state index in [1.807, 2.05) is 23.0 Å². The molecule has 1 aromatic heterocycles. The molecule has 2 aromatic carbocycles. The van der Waals surface area contributed by atoms with E-state index in [0.29, 0.717) is 13.2 Å². The van der Waals surface area contributed by atoms with Gasteiger partial charge in [-0.25, -0.2) is 4.68 Å². The Morgan fingerprint density at radius 2 is 2.00 bits per heavy atom. The summed E-state index contributed by atoms with van der Waals surface area (Å²) >= 11 is 3.51. The molecule has 4 rings (SSSR count). The summed E-state index contributed by atoms with van der Waals surface area (Å²) in [5, 5.41) is 8.65. The SMILES string of the molecule is CCc1ccc(N2CCOC2c2cn(Cc3cccc(Br)c3)nn2)cc1. The second-order valence-corrected chi connectivity index (χ2v) is 7.32. The topological polar surface area (TPSA) is 43.2 Å². The number of benzene rings is 2. The normalized spacial score (nSPS) is 17.0. The predicted molar refractivity (Wildman–Crippen MR) is 105 cm³/mol. The van der Waals surface area contributed by atoms with E-state index in [1.165, 1.54) is 11.1 Å². The first-order chi connectivity index (χ1) is 12.7. The number of hydrogen-bond acceptors (Lipinski definition) is 4. The van der Waals surface area contributed by atoms with Crippen LogP contribution in [0.5, 0.6) is 0 Å². The van der Waals surface area contributed by atoms with Gasteiger partial charge in [0.15, 0.2) is 6.23 Å². The fourth-order valence-electron chi connectivity index (χ4n) is 3.23. The van der Waals surface area contributed by atoms with Crippen molar-refractivity contribution in [2.24, 2.45) is 0 Å². The summed E-state index contributed by atoms with van der Waals surface area (Å²) in [6.45, 7) is 4.40. The van der Waals surface area contributed by atoms with Crippen molar-refractivity contribution in [2.45, 2.75) is 26.1 Å². The van der Waals surface area contributed by atoms with E-state index in [-0.39, 0.29) is 6.23 Å². The Balaban J connectivity index is 1.52. The van der Waals surface area contributed by atoms with Gasteiger partial charge in [0, 0.05) is 16.7 Å². The first kappa shape index (κ1) is 17.2. The molecule has 0 amide bonds. The highest BCUT2D eigenvalue weighted by Crippen LogP contribution is 2.31. The monoisotopic (exact) mass is 412 g/mol. The zero-order chi connectivity index (χ0) is 17.9. The van der Waals surface area contributed by atoms with Gasteiger partial charge in [0.2, 0.25) is 0 Å². The number of nitrogens with zero attached hydrogens (tertiary/aromatic N) is 4. The van der Waals surface area contributed by atoms with E-state index >= 15 is 0 Å². The smallest absolute Gasteiger partial charge is 0.177 e. The first-order valence-corrected chi connectivity index (χ1v) is 9.64. The summed E-state index contributed by atoms with van der Waals surface area (Å²) in [5.41, 5.74) is 4.52. The van der Waals surface area contributed by atoms with Gasteiger partial charge in [0.1, 0.15) is 5.69 Å². The molecule has 1 fully saturated rings. The number of aromatic nitrogens is 3. The van der Waals surface area contributed by atoms with Gasteiger partial charge in [-0.3, -0.25) is 0 Å². The minimum atomic E-state index is -0.182. The number of rotatable bonds is 5. The third kappa shape index (κ3) is 3.66. The Bertz CT molecular complexity index is 878. The summed E-state index contributed by atoms with van der Waals surface area (Å²) in [4.78, 5) is 2.24. The molecule has 0 N–H and O–H groups in total. The largest absolute Gasteiger partial charge is 0.350 e. The van der Waals surface area contributed by atoms with E-state index in [2.05, 4.69) is 74.5 Å². The van der Waals surface area contributed by atoms with Crippen molar-refractivity contribution < 1.29 is 4.74 Å². The Kier molecular flexibility index (Phi) is 5.04. The molecule has 1 saturated heterocycles. The summed E-state index contributed by atoms with van der Waals surface area (Å²) in [5.74, 6) is 0. The molecule has 134 valence electrons. The zero-order valence-electron chi connectivity index (χ0n) is 14.7. The van der Waals surface area contributed by atoms with Crippen LogP contribution in [0, 0.1) is 0 Å². The van der Waals surface area contributed by atoms with Gasteiger partial charge in [-0.2, -0.15) is 0 Å². The predicted octanol–water partition coefficient (Wildman–Crippen LogP) is 4.19. The van der Waals surface area contributed by atoms with Crippen molar-refractivity contribution in [3.05, 3.63) is 76.0 Å². The molecule has 6 heteroatoms. The molecular weight excluding hydrogens is 392 g/mol. The van der Waals surface area contributed by atoms with Gasteiger partial charge < -0.3 is 9.64 Å². The molecular formula is C20H21BrN4O. The van der Waals surface area contributed by atoms with Gasteiger partial charge >= 0.3 is 0 Å². The lowest BCUT2D eigenvalue weighted by Gasteiger charge is -2.23. The van der Waals surface area contributed by atoms with E-state index in [9.17, 15) is 0 Å². The Hall–Kier alpha value is -2.18. The standard InChI is InChI=1S/C20H21BrN4O/c1-2-15-6-8-18(9-7-15)25-10-11-26-20(25)19-14-24(23-22-19)13-16-4-3-5-17(21)12-16/h3-9,12,14,20H,2,10-11,13H2,1H3. The maximum Gasteiger partial charge on any atom is 0.177 e. The number of ether oxygens (including phenoxy) is 1. The lowest BCUT2D eigenvalue weighted by molar-refractivity contribution is 0.110. The van der Waals surface area contributed by atoms with Crippen LogP contribution in [-0.4, -0.2) is 28.1 Å². The van der Waals surface area contributed by atoms with E-state index in [0.717, 1.165) is 28.8 Å². The van der Waals surface area contributed by atoms with Gasteiger partial charge in [0.25, 0.3) is 0 Å². The molecule has 3 aromatic rings. The second-order valence-electron chi connectivity index (χ2n) is 6.41. The molecule has 26 heavy (non-hydrogen) atoms. The lowest BCUT2D eigenvalue weighted by Crippen LogP contribution is -2.23. The average molecular weight is 413 g/mol. The Morgan fingerprint density at radius 1 is 1.15 bits per heavy atom. The number of halogens is 1. The molecule has 0 aliphatic carbocycles. The van der Waals surface area contributed by atoms with E-state index in [1.54, 1.807) is 0 Å². The Morgan fingerprint density at radius 3 is 2.77 bits per heavy atom.